The van der Waals surface area contributed by atoms with Crippen molar-refractivity contribution in [3.63, 3.8) is 0 Å². The molecule has 0 atom stereocenters. The molecule has 0 saturated carbocycles. The third-order valence-electron chi connectivity index (χ3n) is 13.1. The van der Waals surface area contributed by atoms with E-state index in [1.54, 1.807) is 84.9 Å². The number of nitrogens with zero attached hydrogens (tertiary/aromatic N) is 2. The van der Waals surface area contributed by atoms with Gasteiger partial charge in [0.25, 0.3) is 0 Å². The third-order valence-corrected chi connectivity index (χ3v) is 13.1. The number of furan rings is 2. The van der Waals surface area contributed by atoms with Crippen LogP contribution in [0.25, 0.3) is 121 Å². The highest BCUT2D eigenvalue weighted by atomic mass is 19.4. The molecule has 4 aromatic heterocycles. The van der Waals surface area contributed by atoms with E-state index < -0.39 is 68.7 Å². The molecule has 4 nitrogen and oxygen atoms in total. The fourth-order valence-electron chi connectivity index (χ4n) is 10.5. The van der Waals surface area contributed by atoms with E-state index in [4.69, 9.17) is 8.83 Å². The van der Waals surface area contributed by atoms with Crippen LogP contribution >= 0.6 is 0 Å². The SMILES string of the molecule is Fc1ccccc1-c1c(-n2c3ccccc3c3c4oc5ccccc5c4ccc32)c(-c2ccccc2F)c(C(F)(F)F)c(-n2c3ccccc3c3c4oc5ccccc5c4ccc32)c1C(F)(F)F. The summed E-state index contributed by atoms with van der Waals surface area (Å²) in [5.74, 6) is -2.31. The topological polar surface area (TPSA) is 36.1 Å². The lowest BCUT2D eigenvalue weighted by molar-refractivity contribution is -0.142. The highest BCUT2D eigenvalue weighted by Gasteiger charge is 2.49. The van der Waals surface area contributed by atoms with E-state index >= 15 is 35.1 Å². The average Bonchev–Trinajstić information content (AvgIpc) is 4.08. The van der Waals surface area contributed by atoms with Gasteiger partial charge in [-0.25, -0.2) is 8.78 Å². The summed E-state index contributed by atoms with van der Waals surface area (Å²) in [6.07, 6.45) is -11.3. The molecule has 0 spiro atoms. The van der Waals surface area contributed by atoms with Gasteiger partial charge in [-0.3, -0.25) is 0 Å². The first-order valence-electron chi connectivity index (χ1n) is 21.5. The zero-order valence-electron chi connectivity index (χ0n) is 34.9. The van der Waals surface area contributed by atoms with Gasteiger partial charge in [0, 0.05) is 54.6 Å². The molecule has 0 aliphatic rings. The minimum atomic E-state index is -5.64. The van der Waals surface area contributed by atoms with E-state index in [9.17, 15) is 0 Å². The number of halogens is 8. The van der Waals surface area contributed by atoms with E-state index in [-0.39, 0.29) is 38.4 Å². The molecule has 0 aliphatic heterocycles. The van der Waals surface area contributed by atoms with Gasteiger partial charge in [0.05, 0.1) is 55.3 Å². The molecule has 0 bridgehead atoms. The molecule has 0 unspecified atom stereocenters. The van der Waals surface area contributed by atoms with Crippen LogP contribution in [0.15, 0.2) is 179 Å². The average molecular weight is 913 g/mol. The predicted octanol–water partition coefficient (Wildman–Crippen LogP) is 17.3. The standard InChI is InChI=1S/C56H28F8N2O2/c57-37-19-7-1-15-33(37)47-49(55(59,60)61)52(66-40-22-10-4-18-36(40)46-42(66)28-26-32-30-14-6-12-24-44(30)68-54(32)46)50(56(62,63)64)48(34-16-2-8-20-38(34)58)51(47)65-39-21-9-3-17-35(39)45-41(65)27-25-31-29-13-5-11-23-43(29)67-53(31)45/h1-28H. The highest BCUT2D eigenvalue weighted by molar-refractivity contribution is 6.26. The van der Waals surface area contributed by atoms with E-state index in [0.29, 0.717) is 43.7 Å². The van der Waals surface area contributed by atoms with Gasteiger partial charge in [0.1, 0.15) is 34.0 Å². The number of hydrogen-bond donors (Lipinski definition) is 0. The Kier molecular flexibility index (Phi) is 8.26. The van der Waals surface area contributed by atoms with Gasteiger partial charge in [-0.1, -0.05) is 109 Å². The maximum atomic E-state index is 17.0. The van der Waals surface area contributed by atoms with Crippen molar-refractivity contribution in [1.29, 1.82) is 0 Å². The van der Waals surface area contributed by atoms with Gasteiger partial charge in [0.2, 0.25) is 0 Å². The number of fused-ring (bicyclic) bond motifs is 14. The largest absolute Gasteiger partial charge is 0.455 e. The van der Waals surface area contributed by atoms with Crippen molar-refractivity contribution in [1.82, 2.24) is 9.13 Å². The molecule has 0 fully saturated rings. The van der Waals surface area contributed by atoms with Crippen LogP contribution in [0.3, 0.4) is 0 Å². The van der Waals surface area contributed by atoms with Crippen LogP contribution in [-0.2, 0) is 12.4 Å². The van der Waals surface area contributed by atoms with Gasteiger partial charge >= 0.3 is 12.4 Å². The Morgan fingerprint density at radius 3 is 1.13 bits per heavy atom. The second-order valence-corrected chi connectivity index (χ2v) is 16.7. The van der Waals surface area contributed by atoms with E-state index in [1.165, 1.54) is 47.0 Å². The Hall–Kier alpha value is -8.38. The predicted molar refractivity (Wildman–Crippen MR) is 250 cm³/mol. The molecule has 0 aliphatic carbocycles. The van der Waals surface area contributed by atoms with Crippen molar-refractivity contribution in [3.8, 4) is 33.6 Å². The summed E-state index contributed by atoms with van der Waals surface area (Å²) in [7, 11) is 0. The van der Waals surface area contributed by atoms with Crippen molar-refractivity contribution in [3.05, 3.63) is 193 Å². The zero-order chi connectivity index (χ0) is 46.4. The Morgan fingerprint density at radius 1 is 0.338 bits per heavy atom. The second-order valence-electron chi connectivity index (χ2n) is 16.7. The normalized spacial score (nSPS) is 12.7. The lowest BCUT2D eigenvalue weighted by atomic mass is 9.84. The van der Waals surface area contributed by atoms with E-state index in [0.717, 1.165) is 34.2 Å². The van der Waals surface area contributed by atoms with Crippen molar-refractivity contribution in [2.24, 2.45) is 0 Å². The van der Waals surface area contributed by atoms with Crippen molar-refractivity contribution in [2.75, 3.05) is 0 Å². The maximum Gasteiger partial charge on any atom is 0.419 e. The van der Waals surface area contributed by atoms with Gasteiger partial charge in [0.15, 0.2) is 0 Å². The number of alkyl halides is 6. The summed E-state index contributed by atoms with van der Waals surface area (Å²) < 4.78 is 151. The molecule has 0 N–H and O–H groups in total. The molecule has 13 rings (SSSR count). The summed E-state index contributed by atoms with van der Waals surface area (Å²) in [6.45, 7) is 0. The maximum absolute atomic E-state index is 17.0. The Morgan fingerprint density at radius 2 is 0.706 bits per heavy atom. The van der Waals surface area contributed by atoms with Crippen molar-refractivity contribution < 1.29 is 44.0 Å². The lowest BCUT2D eigenvalue weighted by Gasteiger charge is -2.31. The number of rotatable bonds is 4. The number of hydrogen-bond acceptors (Lipinski definition) is 2. The Bertz CT molecular complexity index is 4200. The quantitative estimate of drug-likeness (QED) is 0.165. The van der Waals surface area contributed by atoms with Crippen LogP contribution < -0.4 is 0 Å². The van der Waals surface area contributed by atoms with Gasteiger partial charge in [-0.15, -0.1) is 0 Å². The summed E-state index contributed by atoms with van der Waals surface area (Å²) in [6, 6.07) is 42.6. The molecular formula is C56H28F8N2O2. The Balaban J connectivity index is 1.34. The summed E-state index contributed by atoms with van der Waals surface area (Å²) >= 11 is 0. The molecule has 13 aromatic rings. The molecule has 12 heteroatoms. The fraction of sp³-hybridized carbons (Fsp3) is 0.0357. The summed E-state index contributed by atoms with van der Waals surface area (Å²) in [5.41, 5.74) is -7.23. The second kappa shape index (κ2) is 14.1. The third kappa shape index (κ3) is 5.48. The first-order chi connectivity index (χ1) is 32.9. The molecule has 0 saturated heterocycles. The molecule has 0 radical (unpaired) electrons. The molecule has 0 amide bonds. The van der Waals surface area contributed by atoms with E-state index in [1.807, 2.05) is 18.2 Å². The van der Waals surface area contributed by atoms with Crippen molar-refractivity contribution >= 4 is 87.5 Å². The summed E-state index contributed by atoms with van der Waals surface area (Å²) in [4.78, 5) is 0. The fourth-order valence-corrected chi connectivity index (χ4v) is 10.5. The smallest absolute Gasteiger partial charge is 0.419 e. The van der Waals surface area contributed by atoms with Gasteiger partial charge < -0.3 is 18.0 Å². The molecule has 9 aromatic carbocycles. The van der Waals surface area contributed by atoms with Crippen LogP contribution in [0.1, 0.15) is 11.1 Å². The molecule has 330 valence electrons. The monoisotopic (exact) mass is 912 g/mol. The minimum Gasteiger partial charge on any atom is -0.455 e. The summed E-state index contributed by atoms with van der Waals surface area (Å²) in [5, 5.41) is 3.97. The minimum absolute atomic E-state index is 0.0395. The van der Waals surface area contributed by atoms with Crippen LogP contribution in [0.5, 0.6) is 0 Å². The first-order valence-corrected chi connectivity index (χ1v) is 21.5. The first kappa shape index (κ1) is 39.9. The Labute approximate surface area is 378 Å². The van der Waals surface area contributed by atoms with Crippen LogP contribution in [0, 0.1) is 11.6 Å². The lowest BCUT2D eigenvalue weighted by Crippen LogP contribution is -2.23. The van der Waals surface area contributed by atoms with Crippen LogP contribution in [-0.4, -0.2) is 9.13 Å². The molecule has 68 heavy (non-hydrogen) atoms. The van der Waals surface area contributed by atoms with Gasteiger partial charge in [-0.05, 0) is 60.7 Å². The van der Waals surface area contributed by atoms with Gasteiger partial charge in [-0.2, -0.15) is 26.3 Å². The van der Waals surface area contributed by atoms with E-state index in [2.05, 4.69) is 0 Å². The molecular weight excluding hydrogens is 885 g/mol. The number of benzene rings is 9. The zero-order valence-corrected chi connectivity index (χ0v) is 34.9. The van der Waals surface area contributed by atoms with Crippen LogP contribution in [0.4, 0.5) is 35.1 Å². The molecule has 4 heterocycles. The number of para-hydroxylation sites is 4. The number of aromatic nitrogens is 2. The highest BCUT2D eigenvalue weighted by Crippen LogP contribution is 2.57. The van der Waals surface area contributed by atoms with Crippen LogP contribution in [0.2, 0.25) is 0 Å². The van der Waals surface area contributed by atoms with Crippen molar-refractivity contribution in [2.45, 2.75) is 12.4 Å².